The number of hydrogen-bond acceptors (Lipinski definition) is 5. The number of carbonyl (C=O) groups excluding carboxylic acids is 1. The SMILES string of the molecule is CCOc1cc(/C=N/NC(=O)c2cc(-c3ccccc3)nc3ccccc23)ccc1OCc1ccccc1. The Kier molecular flexibility index (Phi) is 7.70. The minimum atomic E-state index is -0.315. The van der Waals surface area contributed by atoms with Crippen LogP contribution in [0.1, 0.15) is 28.4 Å². The van der Waals surface area contributed by atoms with Crippen molar-refractivity contribution in [2.24, 2.45) is 5.10 Å². The number of ether oxygens (including phenoxy) is 2. The monoisotopic (exact) mass is 501 g/mol. The first-order valence-electron chi connectivity index (χ1n) is 12.4. The summed E-state index contributed by atoms with van der Waals surface area (Å²) in [5.41, 5.74) is 7.42. The number of aromatic nitrogens is 1. The highest BCUT2D eigenvalue weighted by Gasteiger charge is 2.13. The highest BCUT2D eigenvalue weighted by atomic mass is 16.5. The van der Waals surface area contributed by atoms with Crippen molar-refractivity contribution < 1.29 is 14.3 Å². The minimum absolute atomic E-state index is 0.315. The van der Waals surface area contributed by atoms with Crippen molar-refractivity contribution in [2.75, 3.05) is 6.61 Å². The van der Waals surface area contributed by atoms with Crippen LogP contribution in [0.15, 0.2) is 114 Å². The number of nitrogens with zero attached hydrogens (tertiary/aromatic N) is 2. The number of pyridine rings is 1. The van der Waals surface area contributed by atoms with Gasteiger partial charge in [-0.2, -0.15) is 5.10 Å². The van der Waals surface area contributed by atoms with Crippen molar-refractivity contribution in [1.82, 2.24) is 10.4 Å². The van der Waals surface area contributed by atoms with Gasteiger partial charge >= 0.3 is 0 Å². The van der Waals surface area contributed by atoms with Gasteiger partial charge in [0.15, 0.2) is 11.5 Å². The van der Waals surface area contributed by atoms with E-state index in [9.17, 15) is 4.79 Å². The molecule has 0 aliphatic carbocycles. The summed E-state index contributed by atoms with van der Waals surface area (Å²) >= 11 is 0. The van der Waals surface area contributed by atoms with Crippen LogP contribution in [0, 0.1) is 0 Å². The summed E-state index contributed by atoms with van der Waals surface area (Å²) in [6.45, 7) is 2.86. The van der Waals surface area contributed by atoms with Gasteiger partial charge in [-0.05, 0) is 48.4 Å². The second-order valence-corrected chi connectivity index (χ2v) is 8.55. The predicted octanol–water partition coefficient (Wildman–Crippen LogP) is 6.64. The number of nitrogens with one attached hydrogen (secondary N) is 1. The Morgan fingerprint density at radius 1 is 0.842 bits per heavy atom. The van der Waals surface area contributed by atoms with Gasteiger partial charge in [0.05, 0.1) is 29.6 Å². The van der Waals surface area contributed by atoms with Crippen LogP contribution in [0.5, 0.6) is 11.5 Å². The predicted molar refractivity (Wildman–Crippen MR) is 151 cm³/mol. The van der Waals surface area contributed by atoms with Crippen molar-refractivity contribution in [3.8, 4) is 22.8 Å². The molecule has 0 saturated carbocycles. The Balaban J connectivity index is 1.34. The molecule has 4 aromatic carbocycles. The van der Waals surface area contributed by atoms with Gasteiger partial charge in [-0.25, -0.2) is 10.4 Å². The van der Waals surface area contributed by atoms with Gasteiger partial charge in [-0.3, -0.25) is 4.79 Å². The molecule has 0 spiro atoms. The number of rotatable bonds is 9. The molecule has 6 nitrogen and oxygen atoms in total. The van der Waals surface area contributed by atoms with Crippen LogP contribution in [0.2, 0.25) is 0 Å². The number of para-hydroxylation sites is 1. The molecule has 0 saturated heterocycles. The molecular weight excluding hydrogens is 474 g/mol. The number of fused-ring (bicyclic) bond motifs is 1. The third-order valence-corrected chi connectivity index (χ3v) is 5.91. The van der Waals surface area contributed by atoms with Gasteiger partial charge in [0.25, 0.3) is 5.91 Å². The van der Waals surface area contributed by atoms with Crippen LogP contribution in [0.3, 0.4) is 0 Å². The zero-order valence-electron chi connectivity index (χ0n) is 21.0. The average molecular weight is 502 g/mol. The Morgan fingerprint density at radius 2 is 1.58 bits per heavy atom. The summed E-state index contributed by atoms with van der Waals surface area (Å²) in [4.78, 5) is 17.9. The van der Waals surface area contributed by atoms with Crippen LogP contribution < -0.4 is 14.9 Å². The van der Waals surface area contributed by atoms with Crippen molar-refractivity contribution >= 4 is 23.0 Å². The van der Waals surface area contributed by atoms with E-state index in [2.05, 4.69) is 10.5 Å². The Morgan fingerprint density at radius 3 is 2.37 bits per heavy atom. The first kappa shape index (κ1) is 24.7. The van der Waals surface area contributed by atoms with Gasteiger partial charge in [-0.15, -0.1) is 0 Å². The summed E-state index contributed by atoms with van der Waals surface area (Å²) in [7, 11) is 0. The van der Waals surface area contributed by atoms with Crippen LogP contribution in [-0.4, -0.2) is 23.7 Å². The molecule has 0 aliphatic rings. The van der Waals surface area contributed by atoms with Crippen molar-refractivity contribution in [2.45, 2.75) is 13.5 Å². The third kappa shape index (κ3) is 5.87. The number of carbonyl (C=O) groups is 1. The first-order valence-corrected chi connectivity index (χ1v) is 12.4. The Bertz CT molecular complexity index is 1570. The quantitative estimate of drug-likeness (QED) is 0.181. The summed E-state index contributed by atoms with van der Waals surface area (Å²) in [5.74, 6) is 0.949. The molecule has 1 N–H and O–H groups in total. The van der Waals surface area contributed by atoms with Gasteiger partial charge in [0.1, 0.15) is 6.61 Å². The molecule has 1 heterocycles. The molecule has 1 amide bonds. The lowest BCUT2D eigenvalue weighted by atomic mass is 10.0. The molecule has 5 rings (SSSR count). The van der Waals surface area contributed by atoms with Gasteiger partial charge < -0.3 is 9.47 Å². The fraction of sp³-hybridized carbons (Fsp3) is 0.0938. The number of amides is 1. The topological polar surface area (TPSA) is 72.8 Å². The zero-order valence-corrected chi connectivity index (χ0v) is 21.0. The Labute approximate surface area is 221 Å². The van der Waals surface area contributed by atoms with Crippen molar-refractivity contribution in [3.05, 3.63) is 126 Å². The zero-order chi connectivity index (χ0) is 26.2. The second kappa shape index (κ2) is 11.8. The molecule has 0 unspecified atom stereocenters. The van der Waals surface area contributed by atoms with Crippen molar-refractivity contribution in [3.63, 3.8) is 0 Å². The Hall–Kier alpha value is -4.97. The molecule has 0 bridgehead atoms. The smallest absolute Gasteiger partial charge is 0.272 e. The molecule has 0 atom stereocenters. The maximum Gasteiger partial charge on any atom is 0.272 e. The van der Waals surface area contributed by atoms with Crippen LogP contribution in [0.4, 0.5) is 0 Å². The number of hydrogen-bond donors (Lipinski definition) is 1. The minimum Gasteiger partial charge on any atom is -0.490 e. The lowest BCUT2D eigenvalue weighted by Gasteiger charge is -2.12. The second-order valence-electron chi connectivity index (χ2n) is 8.55. The average Bonchev–Trinajstić information content (AvgIpc) is 2.97. The lowest BCUT2D eigenvalue weighted by molar-refractivity contribution is 0.0956. The van der Waals surface area contributed by atoms with E-state index < -0.39 is 0 Å². The van der Waals surface area contributed by atoms with E-state index in [1.807, 2.05) is 110 Å². The van der Waals surface area contributed by atoms with Crippen LogP contribution in [-0.2, 0) is 6.61 Å². The molecule has 5 aromatic rings. The van der Waals surface area contributed by atoms with E-state index in [0.717, 1.165) is 33.3 Å². The highest BCUT2D eigenvalue weighted by molar-refractivity contribution is 6.07. The number of benzene rings is 4. The van der Waals surface area contributed by atoms with E-state index >= 15 is 0 Å². The summed E-state index contributed by atoms with van der Waals surface area (Å²) in [6, 6.07) is 34.7. The molecule has 0 aliphatic heterocycles. The molecule has 1 aromatic heterocycles. The highest BCUT2D eigenvalue weighted by Crippen LogP contribution is 2.29. The fourth-order valence-electron chi connectivity index (χ4n) is 4.07. The van der Waals surface area contributed by atoms with E-state index in [0.29, 0.717) is 30.3 Å². The standard InChI is InChI=1S/C32H27N3O3/c1-2-37-31-19-24(17-18-30(31)38-22-23-11-5-3-6-12-23)21-33-35-32(36)27-20-29(25-13-7-4-8-14-25)34-28-16-10-9-15-26(27)28/h3-21H,2,22H2,1H3,(H,35,36)/b33-21+. The van der Waals surface area contributed by atoms with Gasteiger partial charge in [0.2, 0.25) is 0 Å². The normalized spacial score (nSPS) is 11.0. The van der Waals surface area contributed by atoms with E-state index in [-0.39, 0.29) is 5.91 Å². The third-order valence-electron chi connectivity index (χ3n) is 5.91. The van der Waals surface area contributed by atoms with E-state index in [1.54, 1.807) is 12.3 Å². The fourth-order valence-corrected chi connectivity index (χ4v) is 4.07. The molecule has 0 fully saturated rings. The largest absolute Gasteiger partial charge is 0.490 e. The van der Waals surface area contributed by atoms with Gasteiger partial charge in [0, 0.05) is 10.9 Å². The summed E-state index contributed by atoms with van der Waals surface area (Å²) in [6.07, 6.45) is 1.59. The summed E-state index contributed by atoms with van der Waals surface area (Å²) in [5, 5.41) is 4.97. The van der Waals surface area contributed by atoms with Crippen molar-refractivity contribution in [1.29, 1.82) is 0 Å². The van der Waals surface area contributed by atoms with Crippen LogP contribution >= 0.6 is 0 Å². The molecule has 0 radical (unpaired) electrons. The molecule has 38 heavy (non-hydrogen) atoms. The lowest BCUT2D eigenvalue weighted by Crippen LogP contribution is -2.18. The molecule has 188 valence electrons. The maximum atomic E-state index is 13.2. The van der Waals surface area contributed by atoms with E-state index in [4.69, 9.17) is 14.5 Å². The number of hydrazone groups is 1. The first-order chi connectivity index (χ1) is 18.7. The van der Waals surface area contributed by atoms with Crippen LogP contribution in [0.25, 0.3) is 22.2 Å². The molecular formula is C32H27N3O3. The molecule has 6 heteroatoms. The van der Waals surface area contributed by atoms with Gasteiger partial charge in [-0.1, -0.05) is 78.9 Å². The maximum absolute atomic E-state index is 13.2. The summed E-state index contributed by atoms with van der Waals surface area (Å²) < 4.78 is 11.8. The van der Waals surface area contributed by atoms with E-state index in [1.165, 1.54) is 0 Å².